The lowest BCUT2D eigenvalue weighted by molar-refractivity contribution is 0.623. The molecule has 0 heterocycles. The van der Waals surface area contributed by atoms with Gasteiger partial charge in [-0.15, -0.1) is 11.6 Å². The maximum atomic E-state index is 13.0. The van der Waals surface area contributed by atoms with E-state index in [0.29, 0.717) is 11.1 Å². The molecule has 0 aromatic heterocycles. The second-order valence-electron chi connectivity index (χ2n) is 3.47. The molecule has 2 aromatic rings. The van der Waals surface area contributed by atoms with Gasteiger partial charge in [0.05, 0.1) is 5.38 Å². The van der Waals surface area contributed by atoms with E-state index >= 15 is 0 Å². The minimum atomic E-state index is -0.536. The van der Waals surface area contributed by atoms with Gasteiger partial charge >= 0.3 is 0 Å². The highest BCUT2D eigenvalue weighted by molar-refractivity contribution is 6.22. The minimum absolute atomic E-state index is 0.348. The van der Waals surface area contributed by atoms with E-state index in [1.54, 1.807) is 24.3 Å². The third-order valence-corrected chi connectivity index (χ3v) is 2.79. The summed E-state index contributed by atoms with van der Waals surface area (Å²) in [5, 5.41) is -0.536. The summed E-state index contributed by atoms with van der Waals surface area (Å²) in [6.07, 6.45) is 0. The van der Waals surface area contributed by atoms with Gasteiger partial charge in [0, 0.05) is 0 Å². The molecule has 0 nitrogen and oxygen atoms in total. The van der Waals surface area contributed by atoms with Crippen molar-refractivity contribution >= 4 is 11.6 Å². The average Bonchev–Trinajstić information content (AvgIpc) is 2.28. The van der Waals surface area contributed by atoms with Crippen LogP contribution in [0, 0.1) is 11.6 Å². The number of benzene rings is 2. The van der Waals surface area contributed by atoms with Gasteiger partial charge in [-0.25, -0.2) is 8.78 Å². The van der Waals surface area contributed by atoms with Crippen molar-refractivity contribution in [3.05, 3.63) is 71.3 Å². The largest absolute Gasteiger partial charge is 0.207 e. The summed E-state index contributed by atoms with van der Waals surface area (Å²) < 4.78 is 26.0. The van der Waals surface area contributed by atoms with Crippen LogP contribution in [0.2, 0.25) is 0 Å². The monoisotopic (exact) mass is 238 g/mol. The molecule has 0 spiro atoms. The lowest BCUT2D eigenvalue weighted by Gasteiger charge is -2.10. The van der Waals surface area contributed by atoms with Crippen molar-refractivity contribution in [2.24, 2.45) is 0 Å². The maximum absolute atomic E-state index is 13.0. The normalized spacial score (nSPS) is 10.8. The van der Waals surface area contributed by atoms with E-state index in [0.717, 1.165) is 0 Å². The van der Waals surface area contributed by atoms with Crippen molar-refractivity contribution in [3.63, 3.8) is 0 Å². The fourth-order valence-corrected chi connectivity index (χ4v) is 1.79. The van der Waals surface area contributed by atoms with Gasteiger partial charge < -0.3 is 0 Å². The summed E-state index contributed by atoms with van der Waals surface area (Å²) >= 11 is 6.14. The fraction of sp³-hybridized carbons (Fsp3) is 0.0769. The summed E-state index contributed by atoms with van der Waals surface area (Å²) in [7, 11) is 0. The molecule has 0 N–H and O–H groups in total. The number of alkyl halides is 1. The first kappa shape index (κ1) is 11.1. The van der Waals surface area contributed by atoms with Crippen LogP contribution in [0.1, 0.15) is 16.5 Å². The second-order valence-corrected chi connectivity index (χ2v) is 3.91. The van der Waals surface area contributed by atoms with Crippen LogP contribution in [0.15, 0.2) is 48.5 Å². The van der Waals surface area contributed by atoms with Gasteiger partial charge in [-0.05, 0) is 35.4 Å². The molecule has 0 bridgehead atoms. The number of halogens is 3. The molecule has 82 valence electrons. The Labute approximate surface area is 97.5 Å². The molecule has 0 unspecified atom stereocenters. The number of hydrogen-bond donors (Lipinski definition) is 0. The van der Waals surface area contributed by atoms with Gasteiger partial charge in [0.25, 0.3) is 0 Å². The summed E-state index contributed by atoms with van der Waals surface area (Å²) in [5.41, 5.74) is 1.24. The fourth-order valence-electron chi connectivity index (χ4n) is 1.52. The predicted octanol–water partition coefficient (Wildman–Crippen LogP) is 4.29. The zero-order chi connectivity index (χ0) is 11.5. The molecule has 0 radical (unpaired) electrons. The van der Waals surface area contributed by atoms with Crippen molar-refractivity contribution in [2.75, 3.05) is 0 Å². The molecule has 0 aliphatic carbocycles. The van der Waals surface area contributed by atoms with Gasteiger partial charge in [0.15, 0.2) is 0 Å². The van der Waals surface area contributed by atoms with E-state index in [4.69, 9.17) is 11.6 Å². The molecule has 16 heavy (non-hydrogen) atoms. The van der Waals surface area contributed by atoms with Crippen LogP contribution in [-0.4, -0.2) is 0 Å². The number of rotatable bonds is 2. The highest BCUT2D eigenvalue weighted by Crippen LogP contribution is 2.29. The Hall–Kier alpha value is -1.41. The van der Waals surface area contributed by atoms with Crippen LogP contribution in [0.4, 0.5) is 8.78 Å². The van der Waals surface area contributed by atoms with Crippen LogP contribution >= 0.6 is 11.6 Å². The first-order valence-electron chi connectivity index (χ1n) is 4.82. The van der Waals surface area contributed by atoms with Crippen molar-refractivity contribution in [1.82, 2.24) is 0 Å². The molecule has 0 fully saturated rings. The Balaban J connectivity index is 2.35. The van der Waals surface area contributed by atoms with Crippen LogP contribution in [-0.2, 0) is 0 Å². The minimum Gasteiger partial charge on any atom is -0.207 e. The standard InChI is InChI=1S/C13H9ClF2/c14-13(9-3-1-5-11(15)7-9)10-4-2-6-12(16)8-10/h1-8,13H. The third-order valence-electron chi connectivity index (χ3n) is 2.28. The highest BCUT2D eigenvalue weighted by atomic mass is 35.5. The smallest absolute Gasteiger partial charge is 0.123 e. The summed E-state index contributed by atoms with van der Waals surface area (Å²) in [5.74, 6) is -0.695. The molecule has 2 rings (SSSR count). The molecule has 0 saturated carbocycles. The summed E-state index contributed by atoms with van der Waals surface area (Å²) in [4.78, 5) is 0. The van der Waals surface area contributed by atoms with Crippen molar-refractivity contribution in [2.45, 2.75) is 5.38 Å². The quantitative estimate of drug-likeness (QED) is 0.685. The first-order chi connectivity index (χ1) is 7.66. The van der Waals surface area contributed by atoms with Gasteiger partial charge in [0.2, 0.25) is 0 Å². The van der Waals surface area contributed by atoms with Crippen LogP contribution in [0.3, 0.4) is 0 Å². The zero-order valence-electron chi connectivity index (χ0n) is 8.33. The second kappa shape index (κ2) is 4.62. The molecular formula is C13H9ClF2. The van der Waals surface area contributed by atoms with E-state index in [2.05, 4.69) is 0 Å². The number of hydrogen-bond acceptors (Lipinski definition) is 0. The molecule has 0 atom stereocenters. The van der Waals surface area contributed by atoms with Gasteiger partial charge in [-0.3, -0.25) is 0 Å². The van der Waals surface area contributed by atoms with Crippen molar-refractivity contribution in [3.8, 4) is 0 Å². The molecule has 0 amide bonds. The zero-order valence-corrected chi connectivity index (χ0v) is 9.09. The Morgan fingerprint density at radius 3 is 1.62 bits per heavy atom. The summed E-state index contributed by atoms with van der Waals surface area (Å²) in [6, 6.07) is 12.0. The van der Waals surface area contributed by atoms with Gasteiger partial charge in [-0.1, -0.05) is 24.3 Å². The first-order valence-corrected chi connectivity index (χ1v) is 5.25. The highest BCUT2D eigenvalue weighted by Gasteiger charge is 2.11. The lowest BCUT2D eigenvalue weighted by Crippen LogP contribution is -1.94. The molecular weight excluding hydrogens is 230 g/mol. The van der Waals surface area contributed by atoms with E-state index in [1.807, 2.05) is 0 Å². The topological polar surface area (TPSA) is 0 Å². The van der Waals surface area contributed by atoms with Crippen molar-refractivity contribution < 1.29 is 8.78 Å². The summed E-state index contributed by atoms with van der Waals surface area (Å²) in [6.45, 7) is 0. The van der Waals surface area contributed by atoms with Crippen LogP contribution in [0.25, 0.3) is 0 Å². The lowest BCUT2D eigenvalue weighted by atomic mass is 10.0. The Bertz CT molecular complexity index is 451. The Morgan fingerprint density at radius 2 is 1.25 bits per heavy atom. The molecule has 2 aromatic carbocycles. The molecule has 0 aliphatic rings. The maximum Gasteiger partial charge on any atom is 0.123 e. The van der Waals surface area contributed by atoms with Crippen LogP contribution in [0.5, 0.6) is 0 Å². The third kappa shape index (κ3) is 2.39. The SMILES string of the molecule is Fc1cccc(C(Cl)c2cccc(F)c2)c1. The predicted molar refractivity (Wildman–Crippen MR) is 60.5 cm³/mol. The Morgan fingerprint density at radius 1 is 0.812 bits per heavy atom. The van der Waals surface area contributed by atoms with Gasteiger partial charge in [-0.2, -0.15) is 0 Å². The van der Waals surface area contributed by atoms with E-state index in [1.165, 1.54) is 24.3 Å². The van der Waals surface area contributed by atoms with Crippen LogP contribution < -0.4 is 0 Å². The molecule has 0 saturated heterocycles. The van der Waals surface area contributed by atoms with E-state index in [-0.39, 0.29) is 11.6 Å². The van der Waals surface area contributed by atoms with E-state index < -0.39 is 5.38 Å². The molecule has 0 aliphatic heterocycles. The molecule has 3 heteroatoms. The van der Waals surface area contributed by atoms with Gasteiger partial charge in [0.1, 0.15) is 11.6 Å². The van der Waals surface area contributed by atoms with E-state index in [9.17, 15) is 8.78 Å². The Kier molecular flexibility index (Phi) is 3.20. The average molecular weight is 239 g/mol. The van der Waals surface area contributed by atoms with Crippen molar-refractivity contribution in [1.29, 1.82) is 0 Å².